The van der Waals surface area contributed by atoms with E-state index in [1.807, 2.05) is 26.0 Å². The van der Waals surface area contributed by atoms with E-state index in [1.54, 1.807) is 14.2 Å². The van der Waals surface area contributed by atoms with E-state index in [0.29, 0.717) is 6.04 Å². The molecule has 23 heavy (non-hydrogen) atoms. The van der Waals surface area contributed by atoms with Gasteiger partial charge in [0.2, 0.25) is 0 Å². The summed E-state index contributed by atoms with van der Waals surface area (Å²) < 4.78 is 16.3. The van der Waals surface area contributed by atoms with Crippen LogP contribution in [0.4, 0.5) is 0 Å². The highest BCUT2D eigenvalue weighted by Crippen LogP contribution is 2.39. The highest BCUT2D eigenvalue weighted by molar-refractivity contribution is 5.42. The van der Waals surface area contributed by atoms with Gasteiger partial charge in [0.1, 0.15) is 17.3 Å². The summed E-state index contributed by atoms with van der Waals surface area (Å²) in [4.78, 5) is 2.48. The van der Waals surface area contributed by atoms with E-state index >= 15 is 0 Å². The van der Waals surface area contributed by atoms with Gasteiger partial charge in [0.15, 0.2) is 0 Å². The minimum Gasteiger partial charge on any atom is -0.497 e. The molecule has 0 amide bonds. The fourth-order valence-corrected chi connectivity index (χ4v) is 3.40. The number of benzene rings is 1. The van der Waals surface area contributed by atoms with Crippen molar-refractivity contribution in [2.45, 2.75) is 39.3 Å². The fraction of sp³-hybridized carbons (Fsp3) is 0.500. The predicted octanol–water partition coefficient (Wildman–Crippen LogP) is 3.65. The van der Waals surface area contributed by atoms with Gasteiger partial charge >= 0.3 is 0 Å². The molecule has 1 unspecified atom stereocenters. The van der Waals surface area contributed by atoms with Gasteiger partial charge in [-0.25, -0.2) is 0 Å². The molecule has 2 heterocycles. The number of ether oxygens (including phenoxy) is 2. The fourth-order valence-electron chi connectivity index (χ4n) is 3.40. The normalized spacial score (nSPS) is 18.3. The summed E-state index contributed by atoms with van der Waals surface area (Å²) in [5.74, 6) is 2.69. The smallest absolute Gasteiger partial charge is 0.138 e. The molecular weight excluding hydrogens is 292 g/mol. The molecule has 1 atom stereocenters. The van der Waals surface area contributed by atoms with Gasteiger partial charge in [-0.3, -0.25) is 4.90 Å². The second kappa shape index (κ2) is 6.62. The van der Waals surface area contributed by atoms with Crippen molar-refractivity contribution in [2.24, 2.45) is 0 Å². The Morgan fingerprint density at radius 1 is 1.26 bits per heavy atom. The summed E-state index contributed by atoms with van der Waals surface area (Å²) in [5.41, 5.74) is 3.36. The Balaban J connectivity index is 1.90. The van der Waals surface area contributed by atoms with E-state index in [2.05, 4.69) is 16.1 Å². The molecular formula is C18H24N2O3. The lowest BCUT2D eigenvalue weighted by Crippen LogP contribution is -2.23. The Kier molecular flexibility index (Phi) is 4.57. The van der Waals surface area contributed by atoms with Crippen LogP contribution in [0, 0.1) is 13.8 Å². The summed E-state index contributed by atoms with van der Waals surface area (Å²) in [6.45, 7) is 5.90. The number of nitrogens with zero attached hydrogens (tertiary/aromatic N) is 2. The molecule has 1 aromatic carbocycles. The van der Waals surface area contributed by atoms with Gasteiger partial charge in [-0.15, -0.1) is 0 Å². The second-order valence-corrected chi connectivity index (χ2v) is 6.04. The van der Waals surface area contributed by atoms with E-state index < -0.39 is 0 Å². The van der Waals surface area contributed by atoms with Gasteiger partial charge in [-0.05, 0) is 51.4 Å². The van der Waals surface area contributed by atoms with Gasteiger partial charge < -0.3 is 14.0 Å². The molecule has 0 saturated carbocycles. The zero-order valence-electron chi connectivity index (χ0n) is 14.3. The van der Waals surface area contributed by atoms with Crippen molar-refractivity contribution < 1.29 is 14.0 Å². The maximum Gasteiger partial charge on any atom is 0.138 e. The van der Waals surface area contributed by atoms with Crippen LogP contribution in [0.25, 0.3) is 0 Å². The Labute approximate surface area is 137 Å². The molecule has 3 rings (SSSR count). The molecule has 2 aromatic rings. The average molecular weight is 316 g/mol. The Morgan fingerprint density at radius 2 is 2.09 bits per heavy atom. The topological polar surface area (TPSA) is 47.7 Å². The molecule has 1 fully saturated rings. The number of likely N-dealkylation sites (tertiary alicyclic amines) is 1. The van der Waals surface area contributed by atoms with Crippen LogP contribution in [-0.4, -0.2) is 30.8 Å². The third-order valence-corrected chi connectivity index (χ3v) is 4.70. The van der Waals surface area contributed by atoms with Gasteiger partial charge in [0.05, 0.1) is 19.9 Å². The van der Waals surface area contributed by atoms with Crippen LogP contribution in [0.2, 0.25) is 0 Å². The molecule has 1 aliphatic heterocycles. The summed E-state index contributed by atoms with van der Waals surface area (Å²) in [7, 11) is 3.42. The molecule has 0 spiro atoms. The number of rotatable bonds is 5. The van der Waals surface area contributed by atoms with Crippen LogP contribution < -0.4 is 9.47 Å². The standard InChI is InChI=1S/C18H24N2O3/c1-12-16(13(2)23-19-12)11-20-9-5-6-17(20)15-10-14(21-3)7-8-18(15)22-4/h7-8,10,17H,5-6,9,11H2,1-4H3. The zero-order chi connectivity index (χ0) is 16.4. The van der Waals surface area contributed by atoms with Gasteiger partial charge in [0.25, 0.3) is 0 Å². The Hall–Kier alpha value is -2.01. The summed E-state index contributed by atoms with van der Waals surface area (Å²) in [6, 6.07) is 6.35. The second-order valence-electron chi connectivity index (χ2n) is 6.04. The van der Waals surface area contributed by atoms with E-state index in [-0.39, 0.29) is 0 Å². The van der Waals surface area contributed by atoms with Gasteiger partial charge in [0, 0.05) is 23.7 Å². The lowest BCUT2D eigenvalue weighted by molar-refractivity contribution is 0.240. The number of aryl methyl sites for hydroxylation is 2. The van der Waals surface area contributed by atoms with Crippen LogP contribution in [0.1, 0.15) is 41.5 Å². The molecule has 0 bridgehead atoms. The van der Waals surface area contributed by atoms with Gasteiger partial charge in [-0.2, -0.15) is 0 Å². The quantitative estimate of drug-likeness (QED) is 0.842. The first-order chi connectivity index (χ1) is 11.1. The van der Waals surface area contributed by atoms with Crippen molar-refractivity contribution in [2.75, 3.05) is 20.8 Å². The lowest BCUT2D eigenvalue weighted by atomic mass is 10.0. The van der Waals surface area contributed by atoms with Crippen molar-refractivity contribution in [1.29, 1.82) is 0 Å². The first kappa shape index (κ1) is 15.9. The summed E-state index contributed by atoms with van der Waals surface area (Å²) in [5, 5.41) is 4.07. The number of hydrogen-bond donors (Lipinski definition) is 0. The summed E-state index contributed by atoms with van der Waals surface area (Å²) in [6.07, 6.45) is 2.29. The molecule has 1 aromatic heterocycles. The highest BCUT2D eigenvalue weighted by Gasteiger charge is 2.30. The van der Waals surface area contributed by atoms with Crippen LogP contribution >= 0.6 is 0 Å². The van der Waals surface area contributed by atoms with Crippen molar-refractivity contribution in [3.05, 3.63) is 40.8 Å². The Bertz CT molecular complexity index is 661. The molecule has 1 aliphatic rings. The van der Waals surface area contributed by atoms with Crippen molar-refractivity contribution in [1.82, 2.24) is 10.1 Å². The number of aromatic nitrogens is 1. The zero-order valence-corrected chi connectivity index (χ0v) is 14.3. The first-order valence-corrected chi connectivity index (χ1v) is 8.01. The van der Waals surface area contributed by atoms with Crippen LogP contribution in [0.5, 0.6) is 11.5 Å². The van der Waals surface area contributed by atoms with Crippen molar-refractivity contribution in [3.63, 3.8) is 0 Å². The van der Waals surface area contributed by atoms with Crippen molar-refractivity contribution in [3.8, 4) is 11.5 Å². The monoisotopic (exact) mass is 316 g/mol. The van der Waals surface area contributed by atoms with Crippen molar-refractivity contribution >= 4 is 0 Å². The minimum atomic E-state index is 0.328. The van der Waals surface area contributed by atoms with Crippen LogP contribution in [0.15, 0.2) is 22.7 Å². The van der Waals surface area contributed by atoms with E-state index in [9.17, 15) is 0 Å². The highest BCUT2D eigenvalue weighted by atomic mass is 16.5. The molecule has 0 N–H and O–H groups in total. The molecule has 1 saturated heterocycles. The van der Waals surface area contributed by atoms with Crippen LogP contribution in [-0.2, 0) is 6.54 Å². The summed E-state index contributed by atoms with van der Waals surface area (Å²) >= 11 is 0. The largest absolute Gasteiger partial charge is 0.497 e. The number of methoxy groups -OCH3 is 2. The molecule has 124 valence electrons. The minimum absolute atomic E-state index is 0.328. The maximum atomic E-state index is 5.58. The maximum absolute atomic E-state index is 5.58. The molecule has 0 aliphatic carbocycles. The van der Waals surface area contributed by atoms with E-state index in [1.165, 1.54) is 17.5 Å². The molecule has 5 nitrogen and oxygen atoms in total. The third kappa shape index (κ3) is 3.06. The lowest BCUT2D eigenvalue weighted by Gasteiger charge is -2.26. The third-order valence-electron chi connectivity index (χ3n) is 4.70. The average Bonchev–Trinajstić information content (AvgIpc) is 3.16. The SMILES string of the molecule is COc1ccc(OC)c(C2CCCN2Cc2c(C)noc2C)c1. The molecule has 0 radical (unpaired) electrons. The number of hydrogen-bond acceptors (Lipinski definition) is 5. The molecule has 5 heteroatoms. The Morgan fingerprint density at radius 3 is 2.74 bits per heavy atom. The van der Waals surface area contributed by atoms with E-state index in [4.69, 9.17) is 14.0 Å². The van der Waals surface area contributed by atoms with Crippen LogP contribution in [0.3, 0.4) is 0 Å². The van der Waals surface area contributed by atoms with E-state index in [0.717, 1.165) is 42.5 Å². The predicted molar refractivity (Wildman–Crippen MR) is 87.9 cm³/mol. The van der Waals surface area contributed by atoms with Gasteiger partial charge in [-0.1, -0.05) is 5.16 Å². The first-order valence-electron chi connectivity index (χ1n) is 8.01.